The molecule has 2 saturated heterocycles. The smallest absolute Gasteiger partial charge is 0.332 e. The van der Waals surface area contributed by atoms with Crippen molar-refractivity contribution in [3.05, 3.63) is 53.1 Å². The normalized spacial score (nSPS) is 19.0. The van der Waals surface area contributed by atoms with E-state index in [2.05, 4.69) is 10.3 Å². The van der Waals surface area contributed by atoms with E-state index in [0.717, 1.165) is 11.0 Å². The van der Waals surface area contributed by atoms with E-state index in [1.54, 1.807) is 0 Å². The number of anilines is 2. The fourth-order valence-electron chi connectivity index (χ4n) is 3.13. The third kappa shape index (κ3) is 3.19. The molecule has 4 amide bonds. The molecule has 2 aliphatic heterocycles. The van der Waals surface area contributed by atoms with E-state index in [-0.39, 0.29) is 23.0 Å². The average Bonchev–Trinajstić information content (AvgIpc) is 2.93. The van der Waals surface area contributed by atoms with Crippen molar-refractivity contribution in [3.8, 4) is 0 Å². The number of hydrogen-bond acceptors (Lipinski definition) is 5. The van der Waals surface area contributed by atoms with Gasteiger partial charge in [0.25, 0.3) is 11.8 Å². The SMILES string of the molecule is O=C(Nc1ccc(N2C(=O)C3COCCN3C2=O)c(Cl)c1)c1cccc(F)n1. The van der Waals surface area contributed by atoms with Crippen molar-refractivity contribution >= 4 is 40.8 Å². The van der Waals surface area contributed by atoms with E-state index in [0.29, 0.717) is 18.8 Å². The lowest BCUT2D eigenvalue weighted by Crippen LogP contribution is -2.45. The summed E-state index contributed by atoms with van der Waals surface area (Å²) < 4.78 is 18.4. The van der Waals surface area contributed by atoms with Crippen LogP contribution in [0.3, 0.4) is 0 Å². The van der Waals surface area contributed by atoms with Crippen LogP contribution < -0.4 is 10.2 Å². The van der Waals surface area contributed by atoms with Crippen molar-refractivity contribution in [3.63, 3.8) is 0 Å². The molecule has 1 aromatic heterocycles. The lowest BCUT2D eigenvalue weighted by Gasteiger charge is -2.26. The molecule has 144 valence electrons. The predicted octanol–water partition coefficient (Wildman–Crippen LogP) is 2.29. The Kier molecular flexibility index (Phi) is 4.70. The molecule has 0 spiro atoms. The van der Waals surface area contributed by atoms with E-state index in [1.807, 2.05) is 0 Å². The summed E-state index contributed by atoms with van der Waals surface area (Å²) >= 11 is 6.27. The van der Waals surface area contributed by atoms with E-state index in [4.69, 9.17) is 16.3 Å². The van der Waals surface area contributed by atoms with Gasteiger partial charge in [-0.25, -0.2) is 14.7 Å². The van der Waals surface area contributed by atoms with Crippen molar-refractivity contribution in [1.82, 2.24) is 9.88 Å². The molecule has 1 atom stereocenters. The number of ether oxygens (including phenoxy) is 1. The van der Waals surface area contributed by atoms with Crippen molar-refractivity contribution in [2.24, 2.45) is 0 Å². The second-order valence-electron chi connectivity index (χ2n) is 6.21. The van der Waals surface area contributed by atoms with Crippen LogP contribution in [0.1, 0.15) is 10.5 Å². The molecule has 8 nitrogen and oxygen atoms in total. The molecule has 2 aromatic rings. The summed E-state index contributed by atoms with van der Waals surface area (Å²) in [6.07, 6.45) is 0. The highest BCUT2D eigenvalue weighted by Crippen LogP contribution is 2.34. The van der Waals surface area contributed by atoms with Gasteiger partial charge < -0.3 is 15.0 Å². The quantitative estimate of drug-likeness (QED) is 0.626. The number of aromatic nitrogens is 1. The molecule has 1 aromatic carbocycles. The van der Waals surface area contributed by atoms with Gasteiger partial charge in [0.15, 0.2) is 0 Å². The number of halogens is 2. The van der Waals surface area contributed by atoms with Crippen LogP contribution in [-0.4, -0.2) is 53.5 Å². The van der Waals surface area contributed by atoms with Crippen LogP contribution in [0.2, 0.25) is 5.02 Å². The van der Waals surface area contributed by atoms with Gasteiger partial charge in [-0.2, -0.15) is 4.39 Å². The number of carbonyl (C=O) groups is 3. The number of urea groups is 1. The van der Waals surface area contributed by atoms with Crippen LogP contribution in [0.5, 0.6) is 0 Å². The summed E-state index contributed by atoms with van der Waals surface area (Å²) in [4.78, 5) is 43.3. The Morgan fingerprint density at radius 3 is 2.82 bits per heavy atom. The number of morpholine rings is 1. The number of hydrogen-bond donors (Lipinski definition) is 1. The number of nitrogens with zero attached hydrogens (tertiary/aromatic N) is 3. The lowest BCUT2D eigenvalue weighted by atomic mass is 10.2. The first-order valence-corrected chi connectivity index (χ1v) is 8.79. The molecular formula is C18H14ClFN4O4. The third-order valence-electron chi connectivity index (χ3n) is 4.47. The van der Waals surface area contributed by atoms with Crippen molar-refractivity contribution in [2.45, 2.75) is 6.04 Å². The summed E-state index contributed by atoms with van der Waals surface area (Å²) in [7, 11) is 0. The Morgan fingerprint density at radius 2 is 2.11 bits per heavy atom. The summed E-state index contributed by atoms with van der Waals surface area (Å²) in [6.45, 7) is 0.849. The number of nitrogens with one attached hydrogen (secondary N) is 1. The molecule has 4 rings (SSSR count). The maximum Gasteiger partial charge on any atom is 0.332 e. The Morgan fingerprint density at radius 1 is 1.29 bits per heavy atom. The van der Waals surface area contributed by atoms with Crippen LogP contribution in [0, 0.1) is 5.95 Å². The third-order valence-corrected chi connectivity index (χ3v) is 4.77. The van der Waals surface area contributed by atoms with E-state index in [9.17, 15) is 18.8 Å². The number of carbonyl (C=O) groups excluding carboxylic acids is 3. The van der Waals surface area contributed by atoms with Gasteiger partial charge in [-0.05, 0) is 30.3 Å². The van der Waals surface area contributed by atoms with Gasteiger partial charge in [0.1, 0.15) is 11.7 Å². The average molecular weight is 405 g/mol. The lowest BCUT2D eigenvalue weighted by molar-refractivity contribution is -0.123. The topological polar surface area (TPSA) is 91.8 Å². The predicted molar refractivity (Wildman–Crippen MR) is 97.8 cm³/mol. The minimum Gasteiger partial charge on any atom is -0.377 e. The Hall–Kier alpha value is -3.04. The summed E-state index contributed by atoms with van der Waals surface area (Å²) in [5.41, 5.74) is 0.430. The van der Waals surface area contributed by atoms with Crippen molar-refractivity contribution in [1.29, 1.82) is 0 Å². The maximum absolute atomic E-state index is 13.2. The molecule has 1 unspecified atom stereocenters. The first kappa shape index (κ1) is 18.3. The van der Waals surface area contributed by atoms with Crippen LogP contribution in [0.25, 0.3) is 0 Å². The Balaban J connectivity index is 1.56. The van der Waals surface area contributed by atoms with Gasteiger partial charge in [0, 0.05) is 12.2 Å². The minimum absolute atomic E-state index is 0.0954. The first-order valence-electron chi connectivity index (χ1n) is 8.41. The highest BCUT2D eigenvalue weighted by atomic mass is 35.5. The number of pyridine rings is 1. The van der Waals surface area contributed by atoms with Gasteiger partial charge in [-0.1, -0.05) is 17.7 Å². The van der Waals surface area contributed by atoms with E-state index < -0.39 is 29.8 Å². The number of imide groups is 1. The molecule has 28 heavy (non-hydrogen) atoms. The minimum atomic E-state index is -0.771. The highest BCUT2D eigenvalue weighted by molar-refractivity contribution is 6.36. The van der Waals surface area contributed by atoms with Crippen molar-refractivity contribution < 1.29 is 23.5 Å². The number of fused-ring (bicyclic) bond motifs is 1. The first-order chi connectivity index (χ1) is 13.5. The van der Waals surface area contributed by atoms with E-state index in [1.165, 1.54) is 35.2 Å². The molecule has 0 radical (unpaired) electrons. The van der Waals surface area contributed by atoms with E-state index >= 15 is 0 Å². The zero-order valence-corrected chi connectivity index (χ0v) is 15.1. The van der Waals surface area contributed by atoms with Gasteiger partial charge in [0.2, 0.25) is 5.95 Å². The fourth-order valence-corrected chi connectivity index (χ4v) is 3.39. The highest BCUT2D eigenvalue weighted by Gasteiger charge is 2.47. The maximum atomic E-state index is 13.2. The molecule has 2 fully saturated rings. The molecule has 10 heteroatoms. The van der Waals surface area contributed by atoms with Gasteiger partial charge >= 0.3 is 6.03 Å². The summed E-state index contributed by atoms with van der Waals surface area (Å²) in [5, 5.41) is 2.65. The molecule has 1 N–H and O–H groups in total. The summed E-state index contributed by atoms with van der Waals surface area (Å²) in [6, 6.07) is 7.12. The molecular weight excluding hydrogens is 391 g/mol. The van der Waals surface area contributed by atoms with Crippen LogP contribution in [-0.2, 0) is 9.53 Å². The largest absolute Gasteiger partial charge is 0.377 e. The fraction of sp³-hybridized carbons (Fsp3) is 0.222. The zero-order chi connectivity index (χ0) is 19.8. The van der Waals surface area contributed by atoms with Gasteiger partial charge in [-0.15, -0.1) is 0 Å². The second-order valence-corrected chi connectivity index (χ2v) is 6.61. The molecule has 0 saturated carbocycles. The second kappa shape index (κ2) is 7.17. The van der Waals surface area contributed by atoms with Crippen LogP contribution in [0.15, 0.2) is 36.4 Å². The molecule has 2 aliphatic rings. The van der Waals surface area contributed by atoms with Crippen molar-refractivity contribution in [2.75, 3.05) is 30.0 Å². The monoisotopic (exact) mass is 404 g/mol. The molecule has 0 aliphatic carbocycles. The molecule has 0 bridgehead atoms. The number of rotatable bonds is 3. The molecule has 3 heterocycles. The Labute approximate surface area is 163 Å². The number of benzene rings is 1. The van der Waals surface area contributed by atoms with Gasteiger partial charge in [-0.3, -0.25) is 9.59 Å². The van der Waals surface area contributed by atoms with Gasteiger partial charge in [0.05, 0.1) is 23.9 Å². The van der Waals surface area contributed by atoms with Crippen LogP contribution >= 0.6 is 11.6 Å². The zero-order valence-electron chi connectivity index (χ0n) is 14.4. The Bertz CT molecular complexity index is 962. The standard InChI is InChI=1S/C18H14ClFN4O4/c19-11-8-10(21-16(25)12-2-1-3-15(20)22-12)4-5-13(11)24-17(26)14-9-28-7-6-23(14)18(24)27/h1-5,8,14H,6-7,9H2,(H,21,25). The summed E-state index contributed by atoms with van der Waals surface area (Å²) in [5.74, 6) is -1.80. The van der Waals surface area contributed by atoms with Crippen LogP contribution in [0.4, 0.5) is 20.6 Å². The number of amides is 4.